The highest BCUT2D eigenvalue weighted by molar-refractivity contribution is 9.10. The van der Waals surface area contributed by atoms with Gasteiger partial charge in [-0.1, -0.05) is 39.7 Å². The van der Waals surface area contributed by atoms with Crippen LogP contribution >= 0.6 is 38.9 Å². The van der Waals surface area contributed by atoms with Gasteiger partial charge in [0.2, 0.25) is 0 Å². The van der Waals surface area contributed by atoms with Crippen molar-refractivity contribution in [1.29, 1.82) is 0 Å². The first-order chi connectivity index (χ1) is 12.9. The van der Waals surface area contributed by atoms with Crippen molar-refractivity contribution in [2.24, 2.45) is 4.99 Å². The Kier molecular flexibility index (Phi) is 6.19. The van der Waals surface area contributed by atoms with Gasteiger partial charge in [-0.05, 0) is 49.7 Å². The molecule has 0 atom stereocenters. The van der Waals surface area contributed by atoms with Gasteiger partial charge in [0, 0.05) is 20.9 Å². The Labute approximate surface area is 175 Å². The zero-order valence-electron chi connectivity index (χ0n) is 15.1. The van der Waals surface area contributed by atoms with E-state index in [9.17, 15) is 4.79 Å². The monoisotopic (exact) mass is 464 g/mol. The van der Waals surface area contributed by atoms with Crippen LogP contribution in [-0.4, -0.2) is 17.6 Å². The molecule has 3 rings (SSSR count). The first kappa shape index (κ1) is 19.9. The fourth-order valence-corrected chi connectivity index (χ4v) is 4.36. The average molecular weight is 466 g/mol. The lowest BCUT2D eigenvalue weighted by Crippen LogP contribution is -2.17. The quantitative estimate of drug-likeness (QED) is 0.495. The molecule has 0 N–H and O–H groups in total. The highest BCUT2D eigenvalue weighted by Crippen LogP contribution is 2.27. The van der Waals surface area contributed by atoms with E-state index in [0.717, 1.165) is 20.6 Å². The van der Waals surface area contributed by atoms with Crippen molar-refractivity contribution in [1.82, 2.24) is 4.57 Å². The maximum atomic E-state index is 12.8. The van der Waals surface area contributed by atoms with Crippen LogP contribution in [0.25, 0.3) is 11.3 Å². The van der Waals surface area contributed by atoms with Gasteiger partial charge in [0.05, 0.1) is 18.4 Å². The topological polar surface area (TPSA) is 43.6 Å². The van der Waals surface area contributed by atoms with Crippen molar-refractivity contribution in [3.8, 4) is 17.0 Å². The van der Waals surface area contributed by atoms with E-state index >= 15 is 0 Å². The van der Waals surface area contributed by atoms with Crippen LogP contribution in [0.1, 0.15) is 22.2 Å². The fraction of sp³-hybridized carbons (Fsp3) is 0.200. The summed E-state index contributed by atoms with van der Waals surface area (Å²) < 4.78 is 8.36. The smallest absolute Gasteiger partial charge is 0.283 e. The summed E-state index contributed by atoms with van der Waals surface area (Å²) in [5, 5.41) is 0.468. The second kappa shape index (κ2) is 8.42. The van der Waals surface area contributed by atoms with Crippen LogP contribution in [-0.2, 0) is 6.54 Å². The van der Waals surface area contributed by atoms with Crippen LogP contribution in [0.2, 0.25) is 5.02 Å². The van der Waals surface area contributed by atoms with Crippen LogP contribution in [0.3, 0.4) is 0 Å². The Hall–Kier alpha value is -1.89. The lowest BCUT2D eigenvalue weighted by atomic mass is 10.1. The number of aromatic nitrogens is 1. The minimum absolute atomic E-state index is 0.351. The van der Waals surface area contributed by atoms with E-state index in [2.05, 4.69) is 37.6 Å². The molecule has 2 aromatic carbocycles. The summed E-state index contributed by atoms with van der Waals surface area (Å²) in [6.07, 6.45) is 0. The second-order valence-electron chi connectivity index (χ2n) is 5.80. The Morgan fingerprint density at radius 3 is 2.59 bits per heavy atom. The molecule has 140 valence electrons. The van der Waals surface area contributed by atoms with E-state index in [0.29, 0.717) is 27.7 Å². The molecule has 1 heterocycles. The number of hydrogen-bond acceptors (Lipinski definition) is 3. The molecule has 0 aliphatic carbocycles. The average Bonchev–Trinajstić information content (AvgIpc) is 2.97. The molecule has 0 fully saturated rings. The van der Waals surface area contributed by atoms with Crippen LogP contribution in [0.15, 0.2) is 51.9 Å². The number of thiazole rings is 1. The molecule has 27 heavy (non-hydrogen) atoms. The molecule has 0 radical (unpaired) electrons. The molecule has 0 bridgehead atoms. The molecule has 0 saturated carbocycles. The number of amides is 1. The SMILES string of the molecule is CCn1c(-c2ccc(Br)cc2)c(C)sc1=NC(=O)c1cc(Cl)ccc1OC. The van der Waals surface area contributed by atoms with Crippen molar-refractivity contribution in [2.45, 2.75) is 20.4 Å². The summed E-state index contributed by atoms with van der Waals surface area (Å²) in [5.74, 6) is 0.0813. The van der Waals surface area contributed by atoms with Crippen molar-refractivity contribution < 1.29 is 9.53 Å². The van der Waals surface area contributed by atoms with Crippen molar-refractivity contribution >= 4 is 44.8 Å². The zero-order chi connectivity index (χ0) is 19.6. The van der Waals surface area contributed by atoms with Crippen LogP contribution in [0.5, 0.6) is 5.75 Å². The molecule has 1 aromatic heterocycles. The maximum Gasteiger partial charge on any atom is 0.283 e. The van der Waals surface area contributed by atoms with Gasteiger partial charge in [-0.15, -0.1) is 11.3 Å². The predicted molar refractivity (Wildman–Crippen MR) is 114 cm³/mol. The maximum absolute atomic E-state index is 12.8. The highest BCUT2D eigenvalue weighted by atomic mass is 79.9. The number of halogens is 2. The van der Waals surface area contributed by atoms with Crippen molar-refractivity contribution in [3.05, 3.63) is 67.2 Å². The van der Waals surface area contributed by atoms with Gasteiger partial charge in [0.25, 0.3) is 5.91 Å². The van der Waals surface area contributed by atoms with Crippen LogP contribution in [0.4, 0.5) is 0 Å². The third-order valence-electron chi connectivity index (χ3n) is 4.10. The van der Waals surface area contributed by atoms with Gasteiger partial charge in [-0.2, -0.15) is 4.99 Å². The Balaban J connectivity index is 2.12. The standard InChI is InChI=1S/C20H18BrClN2O2S/c1-4-24-18(13-5-7-14(21)8-6-13)12(2)27-20(24)23-19(25)16-11-15(22)9-10-17(16)26-3/h5-11H,4H2,1-3H3. The number of ether oxygens (including phenoxy) is 1. The predicted octanol–water partition coefficient (Wildman–Crippen LogP) is 5.71. The second-order valence-corrected chi connectivity index (χ2v) is 8.34. The largest absolute Gasteiger partial charge is 0.496 e. The molecule has 1 amide bonds. The minimum atomic E-state index is -0.375. The van der Waals surface area contributed by atoms with Crippen LogP contribution < -0.4 is 9.54 Å². The lowest BCUT2D eigenvalue weighted by molar-refractivity contribution is 0.0995. The number of methoxy groups -OCH3 is 1. The van der Waals surface area contributed by atoms with Crippen molar-refractivity contribution in [2.75, 3.05) is 7.11 Å². The molecule has 0 unspecified atom stereocenters. The summed E-state index contributed by atoms with van der Waals surface area (Å²) >= 11 is 11.0. The number of nitrogens with zero attached hydrogens (tertiary/aromatic N) is 2. The molecule has 0 aliphatic rings. The van der Waals surface area contributed by atoms with Gasteiger partial charge in [0.15, 0.2) is 4.80 Å². The van der Waals surface area contributed by atoms with Crippen molar-refractivity contribution in [3.63, 3.8) is 0 Å². The first-order valence-electron chi connectivity index (χ1n) is 8.33. The van der Waals surface area contributed by atoms with Gasteiger partial charge in [0.1, 0.15) is 5.75 Å². The Morgan fingerprint density at radius 2 is 1.96 bits per heavy atom. The lowest BCUT2D eigenvalue weighted by Gasteiger charge is -2.08. The Bertz CT molecular complexity index is 1050. The summed E-state index contributed by atoms with van der Waals surface area (Å²) in [4.78, 5) is 18.9. The van der Waals surface area contributed by atoms with E-state index < -0.39 is 0 Å². The van der Waals surface area contributed by atoms with E-state index in [1.807, 2.05) is 26.0 Å². The Morgan fingerprint density at radius 1 is 1.26 bits per heavy atom. The van der Waals surface area contributed by atoms with E-state index in [1.165, 1.54) is 18.4 Å². The number of benzene rings is 2. The summed E-state index contributed by atoms with van der Waals surface area (Å²) in [5.41, 5.74) is 2.51. The molecule has 0 aliphatic heterocycles. The van der Waals surface area contributed by atoms with Gasteiger partial charge >= 0.3 is 0 Å². The van der Waals surface area contributed by atoms with Crippen LogP contribution in [0, 0.1) is 6.92 Å². The number of carbonyl (C=O) groups excluding carboxylic acids is 1. The highest BCUT2D eigenvalue weighted by Gasteiger charge is 2.16. The number of rotatable bonds is 4. The summed E-state index contributed by atoms with van der Waals surface area (Å²) in [7, 11) is 1.52. The third kappa shape index (κ3) is 4.18. The van der Waals surface area contributed by atoms with E-state index in [4.69, 9.17) is 16.3 Å². The molecule has 7 heteroatoms. The number of carbonyl (C=O) groups is 1. The molecule has 0 spiro atoms. The fourth-order valence-electron chi connectivity index (χ4n) is 2.86. The van der Waals surface area contributed by atoms with Gasteiger partial charge < -0.3 is 9.30 Å². The zero-order valence-corrected chi connectivity index (χ0v) is 18.3. The molecular weight excluding hydrogens is 448 g/mol. The third-order valence-corrected chi connectivity index (χ3v) is 5.86. The molecule has 0 saturated heterocycles. The molecule has 3 aromatic rings. The first-order valence-corrected chi connectivity index (χ1v) is 10.3. The van der Waals surface area contributed by atoms with Gasteiger partial charge in [-0.25, -0.2) is 0 Å². The minimum Gasteiger partial charge on any atom is -0.496 e. The van der Waals surface area contributed by atoms with E-state index in [-0.39, 0.29) is 5.91 Å². The summed E-state index contributed by atoms with van der Waals surface area (Å²) in [6, 6.07) is 13.1. The summed E-state index contributed by atoms with van der Waals surface area (Å²) in [6.45, 7) is 4.78. The molecular formula is C20H18BrClN2O2S. The van der Waals surface area contributed by atoms with E-state index in [1.54, 1.807) is 18.2 Å². The normalized spacial score (nSPS) is 11.7. The van der Waals surface area contributed by atoms with Gasteiger partial charge in [-0.3, -0.25) is 4.79 Å². The number of aryl methyl sites for hydroxylation is 1. The number of hydrogen-bond donors (Lipinski definition) is 0. The molecule has 4 nitrogen and oxygen atoms in total.